The fourth-order valence-corrected chi connectivity index (χ4v) is 3.08. The molecule has 20 heavy (non-hydrogen) atoms. The number of sulfonamides is 1. The van der Waals surface area contributed by atoms with Gasteiger partial charge in [0.25, 0.3) is 0 Å². The van der Waals surface area contributed by atoms with Crippen LogP contribution in [0, 0.1) is 0 Å². The first kappa shape index (κ1) is 15.5. The van der Waals surface area contributed by atoms with Crippen molar-refractivity contribution in [1.82, 2.24) is 10.0 Å². The highest BCUT2D eigenvalue weighted by molar-refractivity contribution is 7.89. The number of hydrogen-bond donors (Lipinski definition) is 2. The van der Waals surface area contributed by atoms with Crippen LogP contribution in [0.4, 0.5) is 0 Å². The molecule has 2 rings (SSSR count). The standard InChI is InChI=1S/C15H24N2O2S/c1-2-3-4-11-17-20(18,19)15-9-5-13(6-10-15)12-16-14-7-8-14/h5-6,9-10,14,16-17H,2-4,7-8,11-12H2,1H3. The van der Waals surface area contributed by atoms with Crippen LogP contribution in [0.3, 0.4) is 0 Å². The molecule has 5 heteroatoms. The van der Waals surface area contributed by atoms with Crippen molar-refractivity contribution in [2.75, 3.05) is 6.54 Å². The Morgan fingerprint density at radius 2 is 1.85 bits per heavy atom. The zero-order chi connectivity index (χ0) is 14.4. The molecule has 1 aliphatic rings. The zero-order valence-electron chi connectivity index (χ0n) is 12.1. The highest BCUT2D eigenvalue weighted by Gasteiger charge is 2.20. The monoisotopic (exact) mass is 296 g/mol. The van der Waals surface area contributed by atoms with Crippen LogP contribution in [0.1, 0.15) is 44.6 Å². The van der Waals surface area contributed by atoms with Crippen molar-refractivity contribution < 1.29 is 8.42 Å². The molecule has 0 aliphatic heterocycles. The minimum absolute atomic E-state index is 0.351. The van der Waals surface area contributed by atoms with Crippen molar-refractivity contribution in [2.45, 2.75) is 56.5 Å². The van der Waals surface area contributed by atoms with E-state index in [1.807, 2.05) is 12.1 Å². The Morgan fingerprint density at radius 3 is 2.45 bits per heavy atom. The quantitative estimate of drug-likeness (QED) is 0.688. The maximum absolute atomic E-state index is 12.1. The Labute approximate surface area is 122 Å². The van der Waals surface area contributed by atoms with Crippen LogP contribution in [0.2, 0.25) is 0 Å². The summed E-state index contributed by atoms with van der Waals surface area (Å²) in [5, 5.41) is 3.41. The Balaban J connectivity index is 1.86. The predicted octanol–water partition coefficient (Wildman–Crippen LogP) is 2.41. The van der Waals surface area contributed by atoms with Crippen LogP contribution >= 0.6 is 0 Å². The van der Waals surface area contributed by atoms with Gasteiger partial charge in [0, 0.05) is 19.1 Å². The van der Waals surface area contributed by atoms with E-state index in [-0.39, 0.29) is 0 Å². The van der Waals surface area contributed by atoms with Crippen LogP contribution in [0.15, 0.2) is 29.2 Å². The molecule has 4 nitrogen and oxygen atoms in total. The van der Waals surface area contributed by atoms with Crippen molar-refractivity contribution >= 4 is 10.0 Å². The minimum atomic E-state index is -3.35. The lowest BCUT2D eigenvalue weighted by Gasteiger charge is -2.08. The minimum Gasteiger partial charge on any atom is -0.310 e. The predicted molar refractivity (Wildman–Crippen MR) is 81.0 cm³/mol. The summed E-state index contributed by atoms with van der Waals surface area (Å²) in [6.45, 7) is 3.43. The average Bonchev–Trinajstić information content (AvgIpc) is 3.26. The van der Waals surface area contributed by atoms with Gasteiger partial charge in [0.1, 0.15) is 0 Å². The van der Waals surface area contributed by atoms with Crippen molar-refractivity contribution in [3.8, 4) is 0 Å². The van der Waals surface area contributed by atoms with Crippen molar-refractivity contribution in [3.05, 3.63) is 29.8 Å². The van der Waals surface area contributed by atoms with Crippen molar-refractivity contribution in [2.24, 2.45) is 0 Å². The molecule has 0 aromatic heterocycles. The fraction of sp³-hybridized carbons (Fsp3) is 0.600. The third kappa shape index (κ3) is 4.89. The highest BCUT2D eigenvalue weighted by atomic mass is 32.2. The lowest BCUT2D eigenvalue weighted by molar-refractivity contribution is 0.576. The van der Waals surface area contributed by atoms with E-state index in [1.165, 1.54) is 12.8 Å². The smallest absolute Gasteiger partial charge is 0.240 e. The maximum Gasteiger partial charge on any atom is 0.240 e. The van der Waals surface area contributed by atoms with Gasteiger partial charge in [-0.15, -0.1) is 0 Å². The Hall–Kier alpha value is -0.910. The van der Waals surface area contributed by atoms with E-state index >= 15 is 0 Å². The van der Waals surface area contributed by atoms with Crippen LogP contribution in [0.25, 0.3) is 0 Å². The first-order valence-corrected chi connectivity index (χ1v) is 8.92. The molecule has 2 N–H and O–H groups in total. The van der Waals surface area contributed by atoms with Gasteiger partial charge in [-0.2, -0.15) is 0 Å². The van der Waals surface area contributed by atoms with E-state index in [1.54, 1.807) is 12.1 Å². The van der Waals surface area contributed by atoms with Gasteiger partial charge < -0.3 is 5.32 Å². The van der Waals surface area contributed by atoms with Gasteiger partial charge in [-0.1, -0.05) is 31.9 Å². The first-order valence-electron chi connectivity index (χ1n) is 7.44. The van der Waals surface area contributed by atoms with Gasteiger partial charge in [-0.3, -0.25) is 0 Å². The molecule has 1 aromatic rings. The SMILES string of the molecule is CCCCCNS(=O)(=O)c1ccc(CNC2CC2)cc1. The molecule has 0 spiro atoms. The third-order valence-corrected chi connectivity index (χ3v) is 4.96. The van der Waals surface area contributed by atoms with Gasteiger partial charge in [-0.05, 0) is 37.0 Å². The number of benzene rings is 1. The molecule has 1 fully saturated rings. The van der Waals surface area contributed by atoms with E-state index < -0.39 is 10.0 Å². The topological polar surface area (TPSA) is 58.2 Å². The van der Waals surface area contributed by atoms with Crippen LogP contribution in [-0.2, 0) is 16.6 Å². The summed E-state index contributed by atoms with van der Waals surface area (Å²) in [5.41, 5.74) is 1.13. The molecule has 0 unspecified atom stereocenters. The molecular weight excluding hydrogens is 272 g/mol. The van der Waals surface area contributed by atoms with Crippen LogP contribution in [-0.4, -0.2) is 21.0 Å². The van der Waals surface area contributed by atoms with E-state index in [0.717, 1.165) is 31.4 Å². The van der Waals surface area contributed by atoms with Crippen LogP contribution in [0.5, 0.6) is 0 Å². The number of unbranched alkanes of at least 4 members (excludes halogenated alkanes) is 2. The Morgan fingerprint density at radius 1 is 1.15 bits per heavy atom. The average molecular weight is 296 g/mol. The van der Waals surface area contributed by atoms with E-state index in [4.69, 9.17) is 0 Å². The van der Waals surface area contributed by atoms with Gasteiger partial charge >= 0.3 is 0 Å². The van der Waals surface area contributed by atoms with Gasteiger partial charge in [0.05, 0.1) is 4.90 Å². The van der Waals surface area contributed by atoms with Gasteiger partial charge in [0.2, 0.25) is 10.0 Å². The molecular formula is C15H24N2O2S. The fourth-order valence-electron chi connectivity index (χ4n) is 2.00. The maximum atomic E-state index is 12.1. The van der Waals surface area contributed by atoms with Crippen molar-refractivity contribution in [3.63, 3.8) is 0 Å². The molecule has 1 aromatic carbocycles. The van der Waals surface area contributed by atoms with E-state index in [0.29, 0.717) is 17.5 Å². The molecule has 112 valence electrons. The number of hydrogen-bond acceptors (Lipinski definition) is 3. The second-order valence-corrected chi connectivity index (χ2v) is 7.17. The zero-order valence-corrected chi connectivity index (χ0v) is 12.9. The molecule has 1 saturated carbocycles. The molecule has 0 amide bonds. The molecule has 1 aliphatic carbocycles. The first-order chi connectivity index (χ1) is 9.62. The summed E-state index contributed by atoms with van der Waals surface area (Å²) in [6, 6.07) is 7.81. The summed E-state index contributed by atoms with van der Waals surface area (Å²) < 4.78 is 26.8. The summed E-state index contributed by atoms with van der Waals surface area (Å²) >= 11 is 0. The number of nitrogens with one attached hydrogen (secondary N) is 2. The van der Waals surface area contributed by atoms with E-state index in [2.05, 4.69) is 17.0 Å². The lowest BCUT2D eigenvalue weighted by Crippen LogP contribution is -2.24. The third-order valence-electron chi connectivity index (χ3n) is 3.48. The number of rotatable bonds is 9. The molecule has 0 saturated heterocycles. The lowest BCUT2D eigenvalue weighted by atomic mass is 10.2. The van der Waals surface area contributed by atoms with E-state index in [9.17, 15) is 8.42 Å². The Bertz CT molecular complexity index is 507. The Kier molecular flexibility index (Phi) is 5.57. The molecule has 0 atom stereocenters. The molecule has 0 heterocycles. The van der Waals surface area contributed by atoms with Crippen molar-refractivity contribution in [1.29, 1.82) is 0 Å². The second kappa shape index (κ2) is 7.20. The molecule has 0 bridgehead atoms. The summed E-state index contributed by atoms with van der Waals surface area (Å²) in [4.78, 5) is 0.351. The summed E-state index contributed by atoms with van der Waals surface area (Å²) in [5.74, 6) is 0. The van der Waals surface area contributed by atoms with Gasteiger partial charge in [0.15, 0.2) is 0 Å². The largest absolute Gasteiger partial charge is 0.310 e. The summed E-state index contributed by atoms with van der Waals surface area (Å²) in [6.07, 6.45) is 5.54. The van der Waals surface area contributed by atoms with Crippen LogP contribution < -0.4 is 10.0 Å². The highest BCUT2D eigenvalue weighted by Crippen LogP contribution is 2.19. The van der Waals surface area contributed by atoms with Gasteiger partial charge in [-0.25, -0.2) is 13.1 Å². The summed E-state index contributed by atoms with van der Waals surface area (Å²) in [7, 11) is -3.35. The second-order valence-electron chi connectivity index (χ2n) is 5.40. The normalized spacial score (nSPS) is 15.4. The molecule has 0 radical (unpaired) electrons.